The van der Waals surface area contributed by atoms with Crippen LogP contribution in [0.15, 0.2) is 60.7 Å². The fraction of sp³-hybridized carbons (Fsp3) is 0.0667. The van der Waals surface area contributed by atoms with E-state index in [4.69, 9.17) is 4.43 Å². The third-order valence-corrected chi connectivity index (χ3v) is 4.65. The molecule has 0 saturated heterocycles. The summed E-state index contributed by atoms with van der Waals surface area (Å²) in [4.78, 5) is 0. The van der Waals surface area contributed by atoms with Crippen molar-refractivity contribution in [2.24, 2.45) is 0 Å². The molecule has 2 aromatic carbocycles. The number of hydrogen-bond acceptors (Lipinski definition) is 1. The van der Waals surface area contributed by atoms with Gasteiger partial charge >= 0.3 is 29.6 Å². The van der Waals surface area contributed by atoms with Crippen molar-refractivity contribution >= 4 is 45.4 Å². The Labute approximate surface area is 132 Å². The van der Waals surface area contributed by atoms with Crippen molar-refractivity contribution in [1.82, 2.24) is 0 Å². The van der Waals surface area contributed by atoms with Crippen molar-refractivity contribution in [3.63, 3.8) is 0 Å². The Morgan fingerprint density at radius 3 is 2.44 bits per heavy atom. The van der Waals surface area contributed by atoms with Gasteiger partial charge < -0.3 is 4.43 Å². The van der Waals surface area contributed by atoms with Gasteiger partial charge in [0.25, 0.3) is 0 Å². The van der Waals surface area contributed by atoms with Crippen molar-refractivity contribution < 1.29 is 4.43 Å². The van der Waals surface area contributed by atoms with Crippen LogP contribution >= 0.6 is 0 Å². The molecule has 3 rings (SSSR count). The van der Waals surface area contributed by atoms with Crippen LogP contribution in [0, 0.1) is 0 Å². The molecule has 3 heteroatoms. The van der Waals surface area contributed by atoms with E-state index in [-0.39, 0.29) is 29.6 Å². The monoisotopic (exact) mass is 262 g/mol. The summed E-state index contributed by atoms with van der Waals surface area (Å²) in [7, 11) is -0.606. The van der Waals surface area contributed by atoms with Crippen LogP contribution in [-0.4, -0.2) is 39.3 Å². The molecular formula is C15H15NaOSi. The summed E-state index contributed by atoms with van der Waals surface area (Å²) in [5.41, 5.74) is 3.29. The number of benzene rings is 2. The Morgan fingerprint density at radius 1 is 0.889 bits per heavy atom. The van der Waals surface area contributed by atoms with Gasteiger partial charge in [0, 0.05) is 5.54 Å². The molecule has 2 aromatic rings. The molecule has 0 amide bonds. The van der Waals surface area contributed by atoms with E-state index in [1.807, 2.05) is 30.3 Å². The normalized spacial score (nSPS) is 16.6. The average Bonchev–Trinajstić information content (AvgIpc) is 2.81. The predicted molar refractivity (Wildman–Crippen MR) is 81.0 cm³/mol. The standard InChI is InChI=1S/C15H14OSi.Na.H/c1-2-7-13(8-3-1)16-17-15-11-10-12-6-4-5-9-14(12)15;;/h1-11,15H,17H2;;. The second-order valence-electron chi connectivity index (χ2n) is 4.22. The van der Waals surface area contributed by atoms with Gasteiger partial charge in [-0.15, -0.1) is 0 Å². The van der Waals surface area contributed by atoms with Gasteiger partial charge in [0.15, 0.2) is 0 Å². The molecule has 0 saturated carbocycles. The molecule has 0 bridgehead atoms. The molecule has 0 aliphatic heterocycles. The van der Waals surface area contributed by atoms with Crippen LogP contribution < -0.4 is 4.43 Å². The number of para-hydroxylation sites is 1. The van der Waals surface area contributed by atoms with E-state index >= 15 is 0 Å². The van der Waals surface area contributed by atoms with Gasteiger partial charge in [-0.25, -0.2) is 0 Å². The van der Waals surface area contributed by atoms with Crippen molar-refractivity contribution in [3.8, 4) is 5.75 Å². The Bertz CT molecular complexity index is 539. The first kappa shape index (κ1) is 13.6. The van der Waals surface area contributed by atoms with Crippen LogP contribution in [0.1, 0.15) is 16.7 Å². The molecule has 1 unspecified atom stereocenters. The van der Waals surface area contributed by atoms with Gasteiger partial charge in [-0.3, -0.25) is 0 Å². The van der Waals surface area contributed by atoms with Crippen LogP contribution in [-0.2, 0) is 0 Å². The zero-order valence-corrected chi connectivity index (χ0v) is 11.0. The summed E-state index contributed by atoms with van der Waals surface area (Å²) in [6.45, 7) is 0. The van der Waals surface area contributed by atoms with Crippen molar-refractivity contribution in [2.75, 3.05) is 0 Å². The molecule has 0 radical (unpaired) electrons. The summed E-state index contributed by atoms with van der Waals surface area (Å²) >= 11 is 0. The quantitative estimate of drug-likeness (QED) is 0.771. The maximum absolute atomic E-state index is 5.93. The number of fused-ring (bicyclic) bond motifs is 1. The zero-order chi connectivity index (χ0) is 11.5. The van der Waals surface area contributed by atoms with Gasteiger partial charge in [0.1, 0.15) is 5.75 Å². The second kappa shape index (κ2) is 6.39. The maximum atomic E-state index is 5.93. The molecule has 0 fully saturated rings. The van der Waals surface area contributed by atoms with Crippen LogP contribution in [0.25, 0.3) is 6.08 Å². The minimum atomic E-state index is -0.606. The van der Waals surface area contributed by atoms with E-state index in [2.05, 4.69) is 36.4 Å². The molecule has 0 aromatic heterocycles. The Hall–Kier alpha value is -0.803. The first-order chi connectivity index (χ1) is 8.43. The Morgan fingerprint density at radius 2 is 1.61 bits per heavy atom. The van der Waals surface area contributed by atoms with Crippen molar-refractivity contribution in [3.05, 3.63) is 71.8 Å². The summed E-state index contributed by atoms with van der Waals surface area (Å²) in [6, 6.07) is 18.7. The van der Waals surface area contributed by atoms with Gasteiger partial charge in [-0.05, 0) is 23.3 Å². The van der Waals surface area contributed by atoms with Gasteiger partial charge in [-0.1, -0.05) is 54.6 Å². The summed E-state index contributed by atoms with van der Waals surface area (Å²) in [6.07, 6.45) is 4.49. The Balaban J connectivity index is 0.00000120. The van der Waals surface area contributed by atoms with Gasteiger partial charge in [-0.2, -0.15) is 0 Å². The fourth-order valence-electron chi connectivity index (χ4n) is 2.17. The number of allylic oxidation sites excluding steroid dienone is 1. The van der Waals surface area contributed by atoms with Crippen LogP contribution in [0.5, 0.6) is 5.75 Å². The molecule has 1 aliphatic carbocycles. The van der Waals surface area contributed by atoms with Crippen molar-refractivity contribution in [1.29, 1.82) is 0 Å². The molecule has 1 atom stereocenters. The van der Waals surface area contributed by atoms with Crippen LogP contribution in [0.4, 0.5) is 0 Å². The topological polar surface area (TPSA) is 9.23 Å². The van der Waals surface area contributed by atoms with Gasteiger partial charge in [0.05, 0.1) is 0 Å². The third-order valence-electron chi connectivity index (χ3n) is 3.08. The molecule has 86 valence electrons. The third kappa shape index (κ3) is 2.95. The van der Waals surface area contributed by atoms with Gasteiger partial charge in [0.2, 0.25) is 9.76 Å². The fourth-order valence-corrected chi connectivity index (χ4v) is 3.53. The van der Waals surface area contributed by atoms with E-state index in [1.165, 1.54) is 11.1 Å². The number of hydrogen-bond donors (Lipinski definition) is 0. The molecular weight excluding hydrogens is 247 g/mol. The predicted octanol–water partition coefficient (Wildman–Crippen LogP) is 2.27. The van der Waals surface area contributed by atoms with E-state index in [1.54, 1.807) is 0 Å². The molecule has 18 heavy (non-hydrogen) atoms. The van der Waals surface area contributed by atoms with E-state index in [9.17, 15) is 0 Å². The molecule has 0 heterocycles. The molecule has 0 spiro atoms. The number of rotatable bonds is 3. The van der Waals surface area contributed by atoms with E-state index in [0.717, 1.165) is 5.75 Å². The Kier molecular flexibility index (Phi) is 4.84. The summed E-state index contributed by atoms with van der Waals surface area (Å²) < 4.78 is 5.93. The van der Waals surface area contributed by atoms with E-state index < -0.39 is 9.76 Å². The summed E-state index contributed by atoms with van der Waals surface area (Å²) in [5, 5.41) is 0. The molecule has 1 aliphatic rings. The first-order valence-corrected chi connectivity index (χ1v) is 7.28. The minimum absolute atomic E-state index is 0. The second-order valence-corrected chi connectivity index (χ2v) is 5.72. The molecule has 0 N–H and O–H groups in total. The first-order valence-electron chi connectivity index (χ1n) is 5.88. The average molecular weight is 262 g/mol. The van der Waals surface area contributed by atoms with E-state index in [0.29, 0.717) is 5.54 Å². The zero-order valence-electron chi connectivity index (χ0n) is 9.54. The molecule has 1 nitrogen and oxygen atoms in total. The SMILES string of the molecule is C1=CC([SiH2]Oc2ccccc2)c2ccccc21.[NaH]. The van der Waals surface area contributed by atoms with Crippen molar-refractivity contribution in [2.45, 2.75) is 5.54 Å². The van der Waals surface area contributed by atoms with Crippen LogP contribution in [0.3, 0.4) is 0 Å². The van der Waals surface area contributed by atoms with Crippen LogP contribution in [0.2, 0.25) is 0 Å². The summed E-state index contributed by atoms with van der Waals surface area (Å²) in [5.74, 6) is 0.997.